The Kier molecular flexibility index (Phi) is 9.57. The second-order valence-electron chi connectivity index (χ2n) is 8.75. The lowest BCUT2D eigenvalue weighted by atomic mass is 9.97. The summed E-state index contributed by atoms with van der Waals surface area (Å²) >= 11 is 0. The maximum absolute atomic E-state index is 13.0. The number of hydrogen-bond donors (Lipinski definition) is 1. The Balaban J connectivity index is 2.17. The number of H-pyrrole nitrogens is 1. The van der Waals surface area contributed by atoms with Crippen LogP contribution in [-0.4, -0.2) is 64.5 Å². The molecule has 1 aliphatic heterocycles. The van der Waals surface area contributed by atoms with Gasteiger partial charge >= 0.3 is 29.6 Å². The van der Waals surface area contributed by atoms with Crippen molar-refractivity contribution in [3.63, 3.8) is 0 Å². The summed E-state index contributed by atoms with van der Waals surface area (Å²) in [6.45, 7) is 3.88. The number of nitrogens with zero attached hydrogens (tertiary/aromatic N) is 2. The molecule has 212 valence electrons. The van der Waals surface area contributed by atoms with Gasteiger partial charge in [0.2, 0.25) is 0 Å². The number of aromatic nitrogens is 3. The molecule has 0 aromatic carbocycles. The fourth-order valence-electron chi connectivity index (χ4n) is 3.98. The smallest absolute Gasteiger partial charge is 0.330 e. The third kappa shape index (κ3) is 7.41. The summed E-state index contributed by atoms with van der Waals surface area (Å²) in [7, 11) is 1.76. The highest BCUT2D eigenvalue weighted by atomic mass is 16.7. The first kappa shape index (κ1) is 29.8. The van der Waals surface area contributed by atoms with E-state index in [1.807, 2.05) is 0 Å². The van der Waals surface area contributed by atoms with Crippen LogP contribution in [0, 0.1) is 11.8 Å². The molecule has 40 heavy (non-hydrogen) atoms. The zero-order valence-electron chi connectivity index (χ0n) is 22.4. The van der Waals surface area contributed by atoms with Gasteiger partial charge in [-0.2, -0.15) is 4.57 Å². The number of rotatable bonds is 6. The largest absolute Gasteiger partial charge is 0.463 e. The molecule has 1 N–H and O–H groups in total. The fraction of sp³-hybridized carbons (Fsp3) is 0.423. The van der Waals surface area contributed by atoms with Crippen molar-refractivity contribution in [3.05, 3.63) is 62.7 Å². The van der Waals surface area contributed by atoms with Crippen molar-refractivity contribution >= 4 is 23.9 Å². The van der Waals surface area contributed by atoms with E-state index in [0.717, 1.165) is 38.5 Å². The number of carbonyl (C=O) groups excluding carboxylic acids is 4. The molecular weight excluding hydrogens is 530 g/mol. The van der Waals surface area contributed by atoms with Gasteiger partial charge in [0.05, 0.1) is 0 Å². The van der Waals surface area contributed by atoms with Gasteiger partial charge in [0.1, 0.15) is 25.3 Å². The predicted molar refractivity (Wildman–Crippen MR) is 132 cm³/mol. The standard InChI is InChI=1S/C26H27N3O11/c1-14(30)36-13-20-21(37-15(2)31)22(38-16(3)32)23(39-17(4)33)25(40-20)29-12-18(24(34)27-26(29)35)9-10-19-8-6-7-11-28(19)5/h6-8,11-12,20-23,25H,13H2,1-5H3/p+1/t20-,21-,22+,23-,25-/m1/s1. The molecule has 1 aliphatic rings. The molecule has 3 rings (SSSR count). The van der Waals surface area contributed by atoms with Crippen molar-refractivity contribution < 1.29 is 47.4 Å². The number of aryl methyl sites for hydroxylation is 1. The molecule has 0 radical (unpaired) electrons. The van der Waals surface area contributed by atoms with E-state index in [1.54, 1.807) is 36.0 Å². The van der Waals surface area contributed by atoms with Gasteiger partial charge < -0.3 is 23.7 Å². The molecule has 5 atom stereocenters. The minimum Gasteiger partial charge on any atom is -0.463 e. The lowest BCUT2D eigenvalue weighted by molar-refractivity contribution is -0.673. The molecule has 14 nitrogen and oxygen atoms in total. The number of aromatic amines is 1. The van der Waals surface area contributed by atoms with Crippen LogP contribution in [0.15, 0.2) is 40.2 Å². The molecule has 2 aromatic heterocycles. The van der Waals surface area contributed by atoms with Crippen LogP contribution in [0.1, 0.15) is 45.2 Å². The number of hydrogen-bond acceptors (Lipinski definition) is 11. The monoisotopic (exact) mass is 558 g/mol. The zero-order valence-corrected chi connectivity index (χ0v) is 22.4. The average Bonchev–Trinajstić information content (AvgIpc) is 2.85. The summed E-state index contributed by atoms with van der Waals surface area (Å²) in [5.74, 6) is 2.37. The molecule has 0 amide bonds. The molecule has 0 aliphatic carbocycles. The molecule has 0 bridgehead atoms. The lowest BCUT2D eigenvalue weighted by Crippen LogP contribution is -2.61. The third-order valence-electron chi connectivity index (χ3n) is 5.59. The zero-order chi connectivity index (χ0) is 29.6. The second-order valence-corrected chi connectivity index (χ2v) is 8.75. The Hall–Kier alpha value is -4.77. The van der Waals surface area contributed by atoms with Crippen molar-refractivity contribution in [2.24, 2.45) is 7.05 Å². The fourth-order valence-corrected chi connectivity index (χ4v) is 3.98. The van der Waals surface area contributed by atoms with Gasteiger partial charge in [-0.05, 0) is 12.0 Å². The van der Waals surface area contributed by atoms with Crippen LogP contribution in [0.5, 0.6) is 0 Å². The van der Waals surface area contributed by atoms with E-state index in [0.29, 0.717) is 5.69 Å². The average molecular weight is 559 g/mol. The molecule has 3 heterocycles. The molecule has 2 aromatic rings. The Bertz CT molecular complexity index is 1480. The summed E-state index contributed by atoms with van der Waals surface area (Å²) in [4.78, 5) is 75.2. The molecule has 14 heteroatoms. The summed E-state index contributed by atoms with van der Waals surface area (Å²) in [6.07, 6.45) is -4.43. The molecule has 0 unspecified atom stereocenters. The van der Waals surface area contributed by atoms with Gasteiger partial charge in [0, 0.05) is 51.9 Å². The molecule has 1 fully saturated rings. The van der Waals surface area contributed by atoms with Crippen LogP contribution in [0.3, 0.4) is 0 Å². The van der Waals surface area contributed by atoms with Crippen LogP contribution in [0.2, 0.25) is 0 Å². The number of nitrogens with one attached hydrogen (secondary N) is 1. The summed E-state index contributed by atoms with van der Waals surface area (Å²) < 4.78 is 29.8. The highest BCUT2D eigenvalue weighted by Gasteiger charge is 2.53. The summed E-state index contributed by atoms with van der Waals surface area (Å²) in [5, 5.41) is 0. The van der Waals surface area contributed by atoms with E-state index >= 15 is 0 Å². The van der Waals surface area contributed by atoms with E-state index in [4.69, 9.17) is 23.7 Å². The van der Waals surface area contributed by atoms with Crippen molar-refractivity contribution in [1.29, 1.82) is 0 Å². The first-order valence-electron chi connectivity index (χ1n) is 12.0. The quantitative estimate of drug-likeness (QED) is 0.200. The van der Waals surface area contributed by atoms with Gasteiger partial charge in [0.15, 0.2) is 30.7 Å². The Morgan fingerprint density at radius 3 is 2.15 bits per heavy atom. The molecule has 0 spiro atoms. The maximum atomic E-state index is 13.0. The van der Waals surface area contributed by atoms with E-state index in [-0.39, 0.29) is 5.56 Å². The van der Waals surface area contributed by atoms with Crippen molar-refractivity contribution in [3.8, 4) is 11.8 Å². The van der Waals surface area contributed by atoms with Gasteiger partial charge in [-0.15, -0.1) is 0 Å². The molecule has 0 saturated carbocycles. The highest BCUT2D eigenvalue weighted by Crippen LogP contribution is 2.34. The number of ether oxygens (including phenoxy) is 5. The minimum absolute atomic E-state index is 0.142. The second kappa shape index (κ2) is 12.9. The van der Waals surface area contributed by atoms with Crippen LogP contribution < -0.4 is 15.8 Å². The third-order valence-corrected chi connectivity index (χ3v) is 5.59. The first-order chi connectivity index (χ1) is 18.9. The number of carbonyl (C=O) groups is 4. The lowest BCUT2D eigenvalue weighted by Gasteiger charge is -2.44. The SMILES string of the molecule is CC(=O)OC[C@H]1O[C@@H](n2cc(C#Cc3cccc[n+]3C)c(=O)[nH]c2=O)[C@H](OC(C)=O)[C@@H](OC(C)=O)[C@@H]1OC(C)=O. The van der Waals surface area contributed by atoms with Gasteiger partial charge in [-0.1, -0.05) is 0 Å². The van der Waals surface area contributed by atoms with Gasteiger partial charge in [0.25, 0.3) is 11.3 Å². The summed E-state index contributed by atoms with van der Waals surface area (Å²) in [5.41, 5.74) is -1.34. The van der Waals surface area contributed by atoms with Crippen molar-refractivity contribution in [2.75, 3.05) is 6.61 Å². The van der Waals surface area contributed by atoms with Gasteiger partial charge in [-0.3, -0.25) is 33.5 Å². The highest BCUT2D eigenvalue weighted by molar-refractivity contribution is 5.68. The van der Waals surface area contributed by atoms with E-state index in [9.17, 15) is 28.8 Å². The topological polar surface area (TPSA) is 173 Å². The van der Waals surface area contributed by atoms with E-state index < -0.39 is 72.4 Å². The van der Waals surface area contributed by atoms with Crippen LogP contribution in [0.4, 0.5) is 0 Å². The normalized spacial score (nSPS) is 21.8. The molecule has 1 saturated heterocycles. The first-order valence-corrected chi connectivity index (χ1v) is 12.0. The predicted octanol–water partition coefficient (Wildman–Crippen LogP) is -0.983. The van der Waals surface area contributed by atoms with Crippen LogP contribution in [0.25, 0.3) is 0 Å². The van der Waals surface area contributed by atoms with E-state index in [1.165, 1.54) is 0 Å². The Morgan fingerprint density at radius 1 is 0.925 bits per heavy atom. The Labute approximate surface area is 227 Å². The van der Waals surface area contributed by atoms with E-state index in [2.05, 4.69) is 16.8 Å². The summed E-state index contributed by atoms with van der Waals surface area (Å²) in [6, 6.07) is 5.27. The van der Waals surface area contributed by atoms with Gasteiger partial charge in [-0.25, -0.2) is 4.79 Å². The maximum Gasteiger partial charge on any atom is 0.330 e. The van der Waals surface area contributed by atoms with Crippen molar-refractivity contribution in [2.45, 2.75) is 58.3 Å². The van der Waals surface area contributed by atoms with Crippen LogP contribution in [-0.2, 0) is 49.9 Å². The number of esters is 4. The molecular formula is C26H28N3O11+. The van der Waals surface area contributed by atoms with Crippen LogP contribution >= 0.6 is 0 Å². The van der Waals surface area contributed by atoms with Crippen molar-refractivity contribution in [1.82, 2.24) is 9.55 Å². The minimum atomic E-state index is -1.55. The number of pyridine rings is 1. The Morgan fingerprint density at radius 2 is 1.55 bits per heavy atom.